The van der Waals surface area contributed by atoms with Crippen LogP contribution in [0.25, 0.3) is 0 Å². The van der Waals surface area contributed by atoms with Crippen molar-refractivity contribution in [1.29, 1.82) is 0 Å². The van der Waals surface area contributed by atoms with Crippen molar-refractivity contribution in [3.63, 3.8) is 0 Å². The van der Waals surface area contributed by atoms with Gasteiger partial charge in [0.1, 0.15) is 0 Å². The zero-order valence-electron chi connectivity index (χ0n) is 12.1. The predicted molar refractivity (Wildman–Crippen MR) is 78.1 cm³/mol. The summed E-state index contributed by atoms with van der Waals surface area (Å²) in [5.41, 5.74) is 1.11. The van der Waals surface area contributed by atoms with Crippen LogP contribution in [0, 0.1) is 0 Å². The van der Waals surface area contributed by atoms with Gasteiger partial charge in [-0.1, -0.05) is 0 Å². The van der Waals surface area contributed by atoms with Crippen molar-refractivity contribution >= 4 is 11.6 Å². The van der Waals surface area contributed by atoms with E-state index in [0.717, 1.165) is 5.69 Å². The van der Waals surface area contributed by atoms with E-state index in [1.807, 2.05) is 31.1 Å². The maximum atomic E-state index is 12.3. The molecule has 1 heterocycles. The molecule has 1 amide bonds. The monoisotopic (exact) mass is 278 g/mol. The standard InChI is InChI=1S/C15H22N2O3/c1-17(2)13-5-3-12(4-6-13)14(19)16-15(11-18)7-9-20-10-8-15/h3-6,18H,7-11H2,1-2H3,(H,16,19). The summed E-state index contributed by atoms with van der Waals surface area (Å²) < 4.78 is 5.29. The second-order valence-electron chi connectivity index (χ2n) is 5.45. The summed E-state index contributed by atoms with van der Waals surface area (Å²) in [4.78, 5) is 14.3. The van der Waals surface area contributed by atoms with Gasteiger partial charge < -0.3 is 20.1 Å². The second-order valence-corrected chi connectivity index (χ2v) is 5.45. The molecular formula is C15H22N2O3. The molecule has 0 aromatic heterocycles. The van der Waals surface area contributed by atoms with E-state index < -0.39 is 5.54 Å². The molecule has 0 aliphatic carbocycles. The maximum absolute atomic E-state index is 12.3. The molecule has 1 aromatic rings. The summed E-state index contributed by atoms with van der Waals surface area (Å²) in [6.07, 6.45) is 1.29. The molecule has 1 fully saturated rings. The Morgan fingerprint density at radius 1 is 1.30 bits per heavy atom. The van der Waals surface area contributed by atoms with E-state index in [4.69, 9.17) is 4.74 Å². The third-order valence-corrected chi connectivity index (χ3v) is 3.78. The molecule has 0 unspecified atom stereocenters. The largest absolute Gasteiger partial charge is 0.394 e. The lowest BCUT2D eigenvalue weighted by atomic mass is 9.90. The fraction of sp³-hybridized carbons (Fsp3) is 0.533. The van der Waals surface area contributed by atoms with Crippen molar-refractivity contribution in [2.45, 2.75) is 18.4 Å². The normalized spacial score (nSPS) is 17.6. The molecule has 1 aliphatic rings. The number of rotatable bonds is 4. The number of amides is 1. The van der Waals surface area contributed by atoms with Crippen LogP contribution in [0.3, 0.4) is 0 Å². The zero-order valence-corrected chi connectivity index (χ0v) is 12.1. The van der Waals surface area contributed by atoms with Gasteiger partial charge in [0.05, 0.1) is 12.1 Å². The number of aliphatic hydroxyl groups is 1. The van der Waals surface area contributed by atoms with Crippen molar-refractivity contribution in [2.24, 2.45) is 0 Å². The van der Waals surface area contributed by atoms with E-state index >= 15 is 0 Å². The topological polar surface area (TPSA) is 61.8 Å². The number of hydrogen-bond donors (Lipinski definition) is 2. The number of hydrogen-bond acceptors (Lipinski definition) is 4. The first kappa shape index (κ1) is 14.8. The summed E-state index contributed by atoms with van der Waals surface area (Å²) in [6.45, 7) is 1.08. The van der Waals surface area contributed by atoms with Crippen LogP contribution in [-0.2, 0) is 4.74 Å². The Hall–Kier alpha value is -1.59. The Bertz CT molecular complexity index is 451. The maximum Gasteiger partial charge on any atom is 0.251 e. The lowest BCUT2D eigenvalue weighted by Crippen LogP contribution is -2.54. The number of benzene rings is 1. The molecule has 0 atom stereocenters. The van der Waals surface area contributed by atoms with E-state index in [2.05, 4.69) is 5.32 Å². The summed E-state index contributed by atoms with van der Waals surface area (Å²) in [6, 6.07) is 7.42. The third-order valence-electron chi connectivity index (χ3n) is 3.78. The van der Waals surface area contributed by atoms with Gasteiger partial charge in [0.15, 0.2) is 0 Å². The molecule has 1 saturated heterocycles. The van der Waals surface area contributed by atoms with Gasteiger partial charge in [0.2, 0.25) is 0 Å². The molecule has 5 nitrogen and oxygen atoms in total. The van der Waals surface area contributed by atoms with Crippen LogP contribution in [0.4, 0.5) is 5.69 Å². The summed E-state index contributed by atoms with van der Waals surface area (Å²) in [7, 11) is 3.91. The van der Waals surface area contributed by atoms with Crippen LogP contribution in [-0.4, -0.2) is 50.5 Å². The van der Waals surface area contributed by atoms with Gasteiger partial charge in [-0.15, -0.1) is 0 Å². The number of ether oxygens (including phenoxy) is 1. The van der Waals surface area contributed by atoms with Crippen LogP contribution in [0.15, 0.2) is 24.3 Å². The van der Waals surface area contributed by atoms with Crippen LogP contribution >= 0.6 is 0 Å². The molecule has 20 heavy (non-hydrogen) atoms. The van der Waals surface area contributed by atoms with Crippen molar-refractivity contribution < 1.29 is 14.6 Å². The minimum absolute atomic E-state index is 0.0577. The number of carbonyl (C=O) groups is 1. The molecule has 2 rings (SSSR count). The smallest absolute Gasteiger partial charge is 0.251 e. The Kier molecular flexibility index (Phi) is 4.62. The molecule has 110 valence electrons. The third kappa shape index (κ3) is 3.29. The lowest BCUT2D eigenvalue weighted by molar-refractivity contribution is 0.0125. The Morgan fingerprint density at radius 3 is 2.40 bits per heavy atom. The van der Waals surface area contributed by atoms with E-state index in [1.54, 1.807) is 12.1 Å². The molecule has 1 aromatic carbocycles. The SMILES string of the molecule is CN(C)c1ccc(C(=O)NC2(CO)CCOCC2)cc1. The predicted octanol–water partition coefficient (Wildman–Crippen LogP) is 1.02. The van der Waals surface area contributed by atoms with Gasteiger partial charge in [0, 0.05) is 38.6 Å². The fourth-order valence-corrected chi connectivity index (χ4v) is 2.31. The number of nitrogens with one attached hydrogen (secondary N) is 1. The van der Waals surface area contributed by atoms with Gasteiger partial charge in [-0.25, -0.2) is 0 Å². The van der Waals surface area contributed by atoms with Crippen LogP contribution in [0.1, 0.15) is 23.2 Å². The van der Waals surface area contributed by atoms with Crippen LogP contribution in [0.5, 0.6) is 0 Å². The highest BCUT2D eigenvalue weighted by atomic mass is 16.5. The highest BCUT2D eigenvalue weighted by molar-refractivity contribution is 5.95. The van der Waals surface area contributed by atoms with Crippen LogP contribution < -0.4 is 10.2 Å². The Morgan fingerprint density at radius 2 is 1.90 bits per heavy atom. The highest BCUT2D eigenvalue weighted by Crippen LogP contribution is 2.21. The number of nitrogens with zero attached hydrogens (tertiary/aromatic N) is 1. The Labute approximate surface area is 119 Å². The number of aliphatic hydroxyl groups excluding tert-OH is 1. The van der Waals surface area contributed by atoms with E-state index in [-0.39, 0.29) is 12.5 Å². The minimum atomic E-state index is -0.546. The first-order valence-corrected chi connectivity index (χ1v) is 6.85. The van der Waals surface area contributed by atoms with Gasteiger partial charge in [-0.05, 0) is 37.1 Å². The Balaban J connectivity index is 2.06. The first-order valence-electron chi connectivity index (χ1n) is 6.85. The molecule has 1 aliphatic heterocycles. The molecule has 0 saturated carbocycles. The van der Waals surface area contributed by atoms with Gasteiger partial charge in [0.25, 0.3) is 5.91 Å². The van der Waals surface area contributed by atoms with E-state index in [1.165, 1.54) is 0 Å². The lowest BCUT2D eigenvalue weighted by Gasteiger charge is -2.36. The summed E-state index contributed by atoms with van der Waals surface area (Å²) in [5.74, 6) is -0.147. The molecule has 0 bridgehead atoms. The average Bonchev–Trinajstić information content (AvgIpc) is 2.48. The molecule has 0 spiro atoms. The van der Waals surface area contributed by atoms with E-state index in [0.29, 0.717) is 31.6 Å². The summed E-state index contributed by atoms with van der Waals surface area (Å²) >= 11 is 0. The summed E-state index contributed by atoms with van der Waals surface area (Å²) in [5, 5.41) is 12.5. The molecule has 0 radical (unpaired) electrons. The van der Waals surface area contributed by atoms with Gasteiger partial charge >= 0.3 is 0 Å². The average molecular weight is 278 g/mol. The highest BCUT2D eigenvalue weighted by Gasteiger charge is 2.33. The van der Waals surface area contributed by atoms with Gasteiger partial charge in [-0.3, -0.25) is 4.79 Å². The van der Waals surface area contributed by atoms with Gasteiger partial charge in [-0.2, -0.15) is 0 Å². The fourth-order valence-electron chi connectivity index (χ4n) is 2.31. The van der Waals surface area contributed by atoms with Crippen molar-refractivity contribution in [1.82, 2.24) is 5.32 Å². The molecule has 5 heteroatoms. The second kappa shape index (κ2) is 6.24. The van der Waals surface area contributed by atoms with Crippen molar-refractivity contribution in [3.8, 4) is 0 Å². The minimum Gasteiger partial charge on any atom is -0.394 e. The number of anilines is 1. The van der Waals surface area contributed by atoms with Crippen molar-refractivity contribution in [2.75, 3.05) is 38.8 Å². The number of carbonyl (C=O) groups excluding carboxylic acids is 1. The molecule has 2 N–H and O–H groups in total. The molecular weight excluding hydrogens is 256 g/mol. The van der Waals surface area contributed by atoms with E-state index in [9.17, 15) is 9.90 Å². The van der Waals surface area contributed by atoms with Crippen molar-refractivity contribution in [3.05, 3.63) is 29.8 Å². The van der Waals surface area contributed by atoms with Crippen LogP contribution in [0.2, 0.25) is 0 Å². The zero-order chi connectivity index (χ0) is 14.6. The quantitative estimate of drug-likeness (QED) is 0.863. The first-order chi connectivity index (χ1) is 9.56.